The van der Waals surface area contributed by atoms with Crippen molar-refractivity contribution in [1.29, 1.82) is 0 Å². The molecule has 6 aromatic carbocycles. The average molecular weight is 1150 g/mol. The van der Waals surface area contributed by atoms with E-state index < -0.39 is 0 Å². The Hall–Kier alpha value is -6.45. The van der Waals surface area contributed by atoms with Crippen LogP contribution in [0, 0.1) is 44.1 Å². The van der Waals surface area contributed by atoms with Gasteiger partial charge in [0.15, 0.2) is 10.8 Å². The van der Waals surface area contributed by atoms with Gasteiger partial charge in [-0.15, -0.1) is 75.4 Å². The summed E-state index contributed by atoms with van der Waals surface area (Å²) in [6.45, 7) is 18.9. The third-order valence-corrected chi connectivity index (χ3v) is 14.8. The number of ketones is 1. The third kappa shape index (κ3) is 10.4. The number of aliphatic hydroxyl groups is 1. The van der Waals surface area contributed by atoms with Crippen molar-refractivity contribution in [2.45, 2.75) is 93.4 Å². The second-order valence-electron chi connectivity index (χ2n) is 19.5. The van der Waals surface area contributed by atoms with Crippen LogP contribution in [0.25, 0.3) is 54.3 Å². The Balaban J connectivity index is 0.000000170. The maximum Gasteiger partial charge on any atom is 3.00 e. The largest absolute Gasteiger partial charge is 3.00 e. The van der Waals surface area contributed by atoms with E-state index in [1.165, 1.54) is 33.4 Å². The molecule has 0 bridgehead atoms. The van der Waals surface area contributed by atoms with E-state index in [1.54, 1.807) is 11.3 Å². The first-order valence-electron chi connectivity index (χ1n) is 24.8. The number of ether oxygens (including phenoxy) is 2. The van der Waals surface area contributed by atoms with Crippen molar-refractivity contribution >= 4 is 72.0 Å². The summed E-state index contributed by atoms with van der Waals surface area (Å²) in [5.41, 5.74) is 11.6. The summed E-state index contributed by atoms with van der Waals surface area (Å²) < 4.78 is 13.8. The molecule has 0 saturated carbocycles. The number of thiophene rings is 1. The van der Waals surface area contributed by atoms with Crippen LogP contribution < -0.4 is 25.9 Å². The SMILES string of the molecule is CC(C)(C)c1cc(-c2n[c-]nc3c4c(sc23)Oc2cccc3c2B4c2ccccc2O3)[c-]c2ccccc12.CCC(CC)C(=O)/C=C(\O)C(CC)CC.Cc1[c-]c(-c2nccc3ccccc23)cc(C)c1.[Ir+3]. The molecule has 5 heterocycles. The number of pyridine rings is 1. The van der Waals surface area contributed by atoms with Crippen molar-refractivity contribution in [1.82, 2.24) is 15.0 Å². The number of aliphatic hydroxyl groups excluding tert-OH is 1. The fraction of sp³-hybridized carbons (Fsp3) is 0.258. The van der Waals surface area contributed by atoms with E-state index in [0.717, 1.165) is 108 Å². The van der Waals surface area contributed by atoms with E-state index in [2.05, 4.69) is 142 Å². The number of carbonyl (C=O) groups is 1. The molecule has 0 radical (unpaired) electrons. The fourth-order valence-corrected chi connectivity index (χ4v) is 11.1. The molecule has 0 spiro atoms. The summed E-state index contributed by atoms with van der Waals surface area (Å²) in [5.74, 6) is 3.07. The molecule has 0 amide bonds. The van der Waals surface area contributed by atoms with E-state index in [-0.39, 0.29) is 55.6 Å². The second-order valence-corrected chi connectivity index (χ2v) is 20.5. The van der Waals surface area contributed by atoms with Gasteiger partial charge in [-0.2, -0.15) is 0 Å². The molecular weight excluding hydrogens is 1090 g/mol. The van der Waals surface area contributed by atoms with Gasteiger partial charge in [0.2, 0.25) is 0 Å². The van der Waals surface area contributed by atoms with Crippen LogP contribution in [-0.4, -0.2) is 32.6 Å². The minimum Gasteiger partial charge on any atom is -0.512 e. The minimum absolute atomic E-state index is 0. The maximum absolute atomic E-state index is 11.7. The van der Waals surface area contributed by atoms with Crippen molar-refractivity contribution in [2.24, 2.45) is 11.8 Å². The van der Waals surface area contributed by atoms with Gasteiger partial charge in [-0.05, 0) is 98.7 Å². The van der Waals surface area contributed by atoms with E-state index >= 15 is 0 Å². The topological polar surface area (TPSA) is 94.4 Å². The van der Waals surface area contributed by atoms with Crippen molar-refractivity contribution in [3.8, 4) is 44.8 Å². The molecule has 0 saturated heterocycles. The Morgan fingerprint density at radius 3 is 2.10 bits per heavy atom. The van der Waals surface area contributed by atoms with Gasteiger partial charge in [-0.3, -0.25) is 4.79 Å². The number of carbonyl (C=O) groups excluding carboxylic acids is 1. The maximum atomic E-state index is 11.7. The van der Waals surface area contributed by atoms with Crippen LogP contribution in [0.4, 0.5) is 0 Å². The molecule has 1 N–H and O–H groups in total. The van der Waals surface area contributed by atoms with Crippen LogP contribution in [0.5, 0.6) is 22.3 Å². The Bertz CT molecular complexity index is 3440. The average Bonchev–Trinajstić information content (AvgIpc) is 3.75. The van der Waals surface area contributed by atoms with Gasteiger partial charge in [0.1, 0.15) is 17.2 Å². The zero-order valence-electron chi connectivity index (χ0n) is 42.4. The molecule has 72 heavy (non-hydrogen) atoms. The Labute approximate surface area is 442 Å². The smallest absolute Gasteiger partial charge is 0.512 e. The number of allylic oxidation sites excluding steroid dienone is 2. The van der Waals surface area contributed by atoms with Crippen LogP contribution in [0.15, 0.2) is 133 Å². The van der Waals surface area contributed by atoms with Crippen LogP contribution in [0.1, 0.15) is 90.8 Å². The van der Waals surface area contributed by atoms with Crippen molar-refractivity contribution in [2.75, 3.05) is 0 Å². The Morgan fingerprint density at radius 2 is 1.38 bits per heavy atom. The van der Waals surface area contributed by atoms with Gasteiger partial charge in [0.25, 0.3) is 6.71 Å². The van der Waals surface area contributed by atoms with Gasteiger partial charge in [-0.1, -0.05) is 140 Å². The predicted molar refractivity (Wildman–Crippen MR) is 294 cm³/mol. The zero-order chi connectivity index (χ0) is 50.0. The number of para-hydroxylation sites is 1. The summed E-state index contributed by atoms with van der Waals surface area (Å²) in [6, 6.07) is 46.6. The van der Waals surface area contributed by atoms with Gasteiger partial charge < -0.3 is 29.5 Å². The molecule has 2 aliphatic heterocycles. The zero-order valence-corrected chi connectivity index (χ0v) is 45.7. The van der Waals surface area contributed by atoms with E-state index in [9.17, 15) is 9.90 Å². The summed E-state index contributed by atoms with van der Waals surface area (Å²) >= 11 is 1.60. The molecular formula is C62H59BIrN3O4S. The summed E-state index contributed by atoms with van der Waals surface area (Å²) in [4.78, 5) is 25.6. The van der Waals surface area contributed by atoms with Crippen LogP contribution in [0.3, 0.4) is 0 Å². The molecule has 11 rings (SSSR count). The van der Waals surface area contributed by atoms with Crippen LogP contribution in [0.2, 0.25) is 0 Å². The number of aromatic nitrogens is 3. The van der Waals surface area contributed by atoms with Crippen LogP contribution >= 0.6 is 11.3 Å². The summed E-state index contributed by atoms with van der Waals surface area (Å²) in [6.07, 6.45) is 9.74. The normalized spacial score (nSPS) is 12.4. The molecule has 7 nitrogen and oxygen atoms in total. The molecule has 3 aromatic heterocycles. The number of nitrogens with zero attached hydrogens (tertiary/aromatic N) is 3. The fourth-order valence-electron chi connectivity index (χ4n) is 9.96. The molecule has 10 heteroatoms. The number of benzene rings is 6. The molecule has 364 valence electrons. The first-order chi connectivity index (χ1) is 34.3. The van der Waals surface area contributed by atoms with Crippen molar-refractivity contribution < 1.29 is 39.5 Å². The molecule has 2 aliphatic rings. The van der Waals surface area contributed by atoms with Gasteiger partial charge in [-0.25, -0.2) is 0 Å². The first kappa shape index (κ1) is 51.9. The second kappa shape index (κ2) is 22.1. The molecule has 0 unspecified atom stereocenters. The standard InChI is InChI=1S/C32H21BN2O2S.C17H14N.C13H24O2.Ir/c1-32(2,3)21-16-19(15-18-9-4-5-10-20(18)21)28-30-29(35-17-34-28)27-31(38-30)37-25-14-8-13-24-26(25)33(27)22-11-6-7-12-23(22)36-24;1-12-9-13(2)11-15(10-12)17-16-6-4-3-5-14(16)7-8-18-17;1-5-10(6-2)12(14)9-13(15)11(7-3)8-4;/h4-14,16H,1-3H3;3-10H,1-2H3;9-11,14H,5-8H2,1-4H3;/q-2;-1;;+3/b;;12-9-;. The number of hydrogen-bond donors (Lipinski definition) is 1. The van der Waals surface area contributed by atoms with Gasteiger partial charge in [0.05, 0.1) is 5.76 Å². The van der Waals surface area contributed by atoms with E-state index in [4.69, 9.17) is 14.5 Å². The van der Waals surface area contributed by atoms with Gasteiger partial charge in [0, 0.05) is 35.9 Å². The summed E-state index contributed by atoms with van der Waals surface area (Å²) in [5, 5.41) is 15.3. The van der Waals surface area contributed by atoms with Crippen molar-refractivity contribution in [3.63, 3.8) is 0 Å². The predicted octanol–water partition coefficient (Wildman–Crippen LogP) is 14.3. The first-order valence-corrected chi connectivity index (χ1v) is 25.7. The number of rotatable bonds is 9. The molecule has 0 fully saturated rings. The van der Waals surface area contributed by atoms with Gasteiger partial charge >= 0.3 is 20.1 Å². The van der Waals surface area contributed by atoms with E-state index in [1.807, 2.05) is 70.3 Å². The molecule has 9 aromatic rings. The number of hydrogen-bond acceptors (Lipinski definition) is 8. The Morgan fingerprint density at radius 1 is 0.722 bits per heavy atom. The number of fused-ring (bicyclic) bond motifs is 8. The Kier molecular flexibility index (Phi) is 15.9. The molecule has 0 atom stereocenters. The van der Waals surface area contributed by atoms with E-state index in [0.29, 0.717) is 0 Å². The minimum atomic E-state index is -0.0407. The monoisotopic (exact) mass is 1150 g/mol. The van der Waals surface area contributed by atoms with Crippen LogP contribution in [-0.2, 0) is 30.3 Å². The number of aryl methyl sites for hydroxylation is 2. The molecule has 0 aliphatic carbocycles. The quantitative estimate of drug-likeness (QED) is 0.0666. The van der Waals surface area contributed by atoms with Crippen molar-refractivity contribution in [3.05, 3.63) is 168 Å². The third-order valence-electron chi connectivity index (χ3n) is 13.7. The summed E-state index contributed by atoms with van der Waals surface area (Å²) in [7, 11) is 0.